The molecule has 0 saturated heterocycles. The Balaban J connectivity index is 1.30. The van der Waals surface area contributed by atoms with Crippen LogP contribution in [0.5, 0.6) is 5.75 Å². The summed E-state index contributed by atoms with van der Waals surface area (Å²) < 4.78 is 8.11. The number of aryl methyl sites for hydroxylation is 1. The molecule has 0 unspecified atom stereocenters. The SMILES string of the molecule is O=C(NCCc1nc2ccccc2n1CCCCOc1ccccc1Cl)C1CCCCC1. The summed E-state index contributed by atoms with van der Waals surface area (Å²) >= 11 is 6.16. The lowest BCUT2D eigenvalue weighted by Gasteiger charge is -2.20. The van der Waals surface area contributed by atoms with Gasteiger partial charge >= 0.3 is 0 Å². The van der Waals surface area contributed by atoms with Crippen molar-refractivity contribution in [3.63, 3.8) is 0 Å². The summed E-state index contributed by atoms with van der Waals surface area (Å²) in [6.45, 7) is 2.13. The average molecular weight is 454 g/mol. The van der Waals surface area contributed by atoms with Gasteiger partial charge in [-0.3, -0.25) is 4.79 Å². The van der Waals surface area contributed by atoms with Crippen molar-refractivity contribution in [2.45, 2.75) is 57.9 Å². The van der Waals surface area contributed by atoms with E-state index < -0.39 is 0 Å². The van der Waals surface area contributed by atoms with Crippen LogP contribution in [-0.4, -0.2) is 28.6 Å². The summed E-state index contributed by atoms with van der Waals surface area (Å²) in [7, 11) is 0. The minimum absolute atomic E-state index is 0.195. The first-order valence-corrected chi connectivity index (χ1v) is 12.2. The van der Waals surface area contributed by atoms with Gasteiger partial charge in [0.15, 0.2) is 0 Å². The Morgan fingerprint density at radius 3 is 2.69 bits per heavy atom. The van der Waals surface area contributed by atoms with Gasteiger partial charge in [0.25, 0.3) is 0 Å². The highest BCUT2D eigenvalue weighted by molar-refractivity contribution is 6.32. The zero-order valence-corrected chi connectivity index (χ0v) is 19.3. The Hall–Kier alpha value is -2.53. The number of nitrogens with zero attached hydrogens (tertiary/aromatic N) is 2. The predicted molar refractivity (Wildman–Crippen MR) is 129 cm³/mol. The average Bonchev–Trinajstić information content (AvgIpc) is 3.18. The van der Waals surface area contributed by atoms with Crippen LogP contribution in [-0.2, 0) is 17.8 Å². The van der Waals surface area contributed by atoms with E-state index in [0.29, 0.717) is 18.2 Å². The molecule has 1 aliphatic rings. The second-order valence-corrected chi connectivity index (χ2v) is 8.94. The van der Waals surface area contributed by atoms with Gasteiger partial charge in [0.05, 0.1) is 22.7 Å². The van der Waals surface area contributed by atoms with Crippen LogP contribution in [0.25, 0.3) is 11.0 Å². The summed E-state index contributed by atoms with van der Waals surface area (Å²) in [5.41, 5.74) is 2.15. The molecule has 1 saturated carbocycles. The predicted octanol–water partition coefficient (Wildman–Crippen LogP) is 5.79. The van der Waals surface area contributed by atoms with E-state index in [1.165, 1.54) is 19.3 Å². The quantitative estimate of drug-likeness (QED) is 0.395. The van der Waals surface area contributed by atoms with Crippen molar-refractivity contribution in [2.75, 3.05) is 13.2 Å². The van der Waals surface area contributed by atoms with E-state index in [-0.39, 0.29) is 11.8 Å². The monoisotopic (exact) mass is 453 g/mol. The van der Waals surface area contributed by atoms with E-state index in [1.807, 2.05) is 30.3 Å². The number of hydrogen-bond donors (Lipinski definition) is 1. The molecule has 0 atom stereocenters. The molecule has 170 valence electrons. The molecule has 0 bridgehead atoms. The van der Waals surface area contributed by atoms with E-state index in [0.717, 1.165) is 61.3 Å². The maximum atomic E-state index is 12.5. The molecule has 6 heteroatoms. The van der Waals surface area contributed by atoms with E-state index >= 15 is 0 Å². The van der Waals surface area contributed by atoms with Gasteiger partial charge in [-0.15, -0.1) is 0 Å². The molecule has 0 aliphatic heterocycles. The fourth-order valence-corrected chi connectivity index (χ4v) is 4.68. The largest absolute Gasteiger partial charge is 0.492 e. The Kier molecular flexibility index (Phi) is 8.05. The molecule has 5 nitrogen and oxygen atoms in total. The summed E-state index contributed by atoms with van der Waals surface area (Å²) in [5.74, 6) is 2.17. The number of carbonyl (C=O) groups excluding carboxylic acids is 1. The zero-order valence-electron chi connectivity index (χ0n) is 18.6. The minimum Gasteiger partial charge on any atom is -0.492 e. The van der Waals surface area contributed by atoms with Gasteiger partial charge in [0, 0.05) is 25.4 Å². The summed E-state index contributed by atoms with van der Waals surface area (Å²) in [6, 6.07) is 15.8. The first kappa shape index (κ1) is 22.7. The van der Waals surface area contributed by atoms with Crippen molar-refractivity contribution in [3.05, 3.63) is 59.4 Å². The molecule has 3 aromatic rings. The maximum absolute atomic E-state index is 12.5. The number of halogens is 1. The van der Waals surface area contributed by atoms with Gasteiger partial charge in [0.1, 0.15) is 11.6 Å². The van der Waals surface area contributed by atoms with Crippen LogP contribution < -0.4 is 10.1 Å². The van der Waals surface area contributed by atoms with Crippen LogP contribution in [0.3, 0.4) is 0 Å². The number of carbonyl (C=O) groups is 1. The third kappa shape index (κ3) is 5.83. The second-order valence-electron chi connectivity index (χ2n) is 8.53. The van der Waals surface area contributed by atoms with Crippen molar-refractivity contribution >= 4 is 28.5 Å². The van der Waals surface area contributed by atoms with Crippen molar-refractivity contribution < 1.29 is 9.53 Å². The molecule has 32 heavy (non-hydrogen) atoms. The van der Waals surface area contributed by atoms with Crippen LogP contribution in [0.2, 0.25) is 5.02 Å². The lowest BCUT2D eigenvalue weighted by Crippen LogP contribution is -2.33. The van der Waals surface area contributed by atoms with Crippen molar-refractivity contribution in [2.24, 2.45) is 5.92 Å². The number of aromatic nitrogens is 2. The fourth-order valence-electron chi connectivity index (χ4n) is 4.49. The number of para-hydroxylation sites is 3. The number of hydrogen-bond acceptors (Lipinski definition) is 3. The number of fused-ring (bicyclic) bond motifs is 1. The normalized spacial score (nSPS) is 14.5. The summed E-state index contributed by atoms with van der Waals surface area (Å²) in [4.78, 5) is 17.3. The smallest absolute Gasteiger partial charge is 0.223 e. The number of benzene rings is 2. The molecule has 0 radical (unpaired) electrons. The van der Waals surface area contributed by atoms with Crippen LogP contribution in [0, 0.1) is 5.92 Å². The first-order chi connectivity index (χ1) is 15.7. The molecule has 1 aromatic heterocycles. The summed E-state index contributed by atoms with van der Waals surface area (Å²) in [6.07, 6.45) is 8.31. The highest BCUT2D eigenvalue weighted by Crippen LogP contribution is 2.24. The number of unbranched alkanes of at least 4 members (excludes halogenated alkanes) is 1. The molecule has 2 aromatic carbocycles. The number of imidazole rings is 1. The lowest BCUT2D eigenvalue weighted by molar-refractivity contribution is -0.125. The van der Waals surface area contributed by atoms with Crippen molar-refractivity contribution in [1.82, 2.24) is 14.9 Å². The maximum Gasteiger partial charge on any atom is 0.223 e. The van der Waals surface area contributed by atoms with Crippen LogP contribution in [0.15, 0.2) is 48.5 Å². The van der Waals surface area contributed by atoms with Crippen LogP contribution in [0.4, 0.5) is 0 Å². The van der Waals surface area contributed by atoms with Gasteiger partial charge in [-0.25, -0.2) is 4.98 Å². The van der Waals surface area contributed by atoms with Crippen molar-refractivity contribution in [3.8, 4) is 5.75 Å². The number of nitrogens with one attached hydrogen (secondary N) is 1. The Bertz CT molecular complexity index is 1030. The van der Waals surface area contributed by atoms with E-state index in [1.54, 1.807) is 0 Å². The van der Waals surface area contributed by atoms with Gasteiger partial charge in [-0.2, -0.15) is 0 Å². The first-order valence-electron chi connectivity index (χ1n) is 11.8. The number of amides is 1. The minimum atomic E-state index is 0.195. The Labute approximate surface area is 195 Å². The Morgan fingerprint density at radius 1 is 1.06 bits per heavy atom. The fraction of sp³-hybridized carbons (Fsp3) is 0.462. The Morgan fingerprint density at radius 2 is 1.84 bits per heavy atom. The van der Waals surface area contributed by atoms with Gasteiger partial charge in [0.2, 0.25) is 5.91 Å². The van der Waals surface area contributed by atoms with Gasteiger partial charge in [-0.1, -0.05) is 55.1 Å². The highest BCUT2D eigenvalue weighted by atomic mass is 35.5. The molecule has 1 aliphatic carbocycles. The lowest BCUT2D eigenvalue weighted by atomic mass is 9.89. The third-order valence-electron chi connectivity index (χ3n) is 6.23. The summed E-state index contributed by atoms with van der Waals surface area (Å²) in [5, 5.41) is 3.79. The molecule has 1 amide bonds. The molecule has 1 fully saturated rings. The van der Waals surface area contributed by atoms with Gasteiger partial charge in [-0.05, 0) is 49.9 Å². The molecule has 4 rings (SSSR count). The highest BCUT2D eigenvalue weighted by Gasteiger charge is 2.20. The molecular weight excluding hydrogens is 422 g/mol. The third-order valence-corrected chi connectivity index (χ3v) is 6.54. The molecule has 0 spiro atoms. The van der Waals surface area contributed by atoms with E-state index in [4.69, 9.17) is 21.3 Å². The topological polar surface area (TPSA) is 56.2 Å². The number of ether oxygens (including phenoxy) is 1. The van der Waals surface area contributed by atoms with Crippen molar-refractivity contribution in [1.29, 1.82) is 0 Å². The second kappa shape index (κ2) is 11.4. The number of rotatable bonds is 10. The van der Waals surface area contributed by atoms with Crippen LogP contribution >= 0.6 is 11.6 Å². The van der Waals surface area contributed by atoms with E-state index in [9.17, 15) is 4.79 Å². The van der Waals surface area contributed by atoms with E-state index in [2.05, 4.69) is 28.1 Å². The molecule has 1 N–H and O–H groups in total. The van der Waals surface area contributed by atoms with Crippen LogP contribution in [0.1, 0.15) is 50.8 Å². The van der Waals surface area contributed by atoms with Gasteiger partial charge < -0.3 is 14.6 Å². The molecular formula is C26H32ClN3O2. The standard InChI is InChI=1S/C26H32ClN3O2/c27-21-12-4-7-15-24(21)32-19-9-8-18-30-23-14-6-5-13-22(23)29-25(30)16-17-28-26(31)20-10-2-1-3-11-20/h4-7,12-15,20H,1-3,8-11,16-19H2,(H,28,31). The molecule has 1 heterocycles. The zero-order chi connectivity index (χ0) is 22.2.